The van der Waals surface area contributed by atoms with E-state index in [1.807, 2.05) is 4.83 Å². The molecule has 2 N–H and O–H groups in total. The maximum atomic E-state index is 13.8. The molecule has 3 aromatic heterocycles. The minimum absolute atomic E-state index is 0.0511. The summed E-state index contributed by atoms with van der Waals surface area (Å²) in [5.41, 5.74) is 3.19. The molecule has 220 valence electrons. The first-order valence-corrected chi connectivity index (χ1v) is 15.5. The van der Waals surface area contributed by atoms with Gasteiger partial charge in [0.2, 0.25) is 28.6 Å². The molecule has 11 nitrogen and oxygen atoms in total. The number of fused-ring (bicyclic) bond motifs is 1. The molecule has 2 aromatic carbocycles. The van der Waals surface area contributed by atoms with Gasteiger partial charge in [-0.3, -0.25) is 0 Å². The van der Waals surface area contributed by atoms with Crippen molar-refractivity contribution in [1.29, 1.82) is 0 Å². The van der Waals surface area contributed by atoms with Gasteiger partial charge in [0.25, 0.3) is 0 Å². The Balaban J connectivity index is 1.52. The predicted octanol–water partition coefficient (Wildman–Crippen LogP) is 3.72. The molecule has 5 aromatic rings. The molecular weight excluding hydrogens is 624 g/mol. The number of thiazole rings is 1. The Morgan fingerprint density at radius 3 is 2.40 bits per heavy atom. The first kappa shape index (κ1) is 29.6. The number of sulfone groups is 1. The summed E-state index contributed by atoms with van der Waals surface area (Å²) in [7, 11) is -7.26. The van der Waals surface area contributed by atoms with Crippen LogP contribution in [0.4, 0.5) is 17.6 Å². The highest BCUT2D eigenvalue weighted by Gasteiger charge is 2.37. The molecule has 0 spiro atoms. The van der Waals surface area contributed by atoms with E-state index in [2.05, 4.69) is 25.6 Å². The lowest BCUT2D eigenvalue weighted by Crippen LogP contribution is -2.29. The monoisotopic (exact) mass is 642 g/mol. The van der Waals surface area contributed by atoms with Crippen molar-refractivity contribution < 1.29 is 38.8 Å². The molecule has 42 heavy (non-hydrogen) atoms. The molecule has 1 atom stereocenters. The van der Waals surface area contributed by atoms with E-state index in [4.69, 9.17) is 4.42 Å². The van der Waals surface area contributed by atoms with Gasteiger partial charge in [-0.1, -0.05) is 18.2 Å². The lowest BCUT2D eigenvalue weighted by atomic mass is 10.1. The summed E-state index contributed by atoms with van der Waals surface area (Å²) in [6.45, 7) is -0.267. The van der Waals surface area contributed by atoms with Crippen LogP contribution < -0.4 is 10.3 Å². The Bertz CT molecular complexity index is 1900. The van der Waals surface area contributed by atoms with Crippen LogP contribution in [0.15, 0.2) is 65.2 Å². The quantitative estimate of drug-likeness (QED) is 0.0888. The summed E-state index contributed by atoms with van der Waals surface area (Å²) in [5, 5.41) is 6.07. The van der Waals surface area contributed by atoms with E-state index < -0.39 is 49.4 Å². The van der Waals surface area contributed by atoms with Crippen molar-refractivity contribution in [2.75, 3.05) is 0 Å². The maximum absolute atomic E-state index is 13.8. The Kier molecular flexibility index (Phi) is 8.33. The van der Waals surface area contributed by atoms with Crippen molar-refractivity contribution in [3.8, 4) is 11.1 Å². The minimum Gasteiger partial charge on any atom is -0.422 e. The molecule has 0 saturated heterocycles. The normalized spacial score (nSPS) is 13.2. The number of halogens is 4. The van der Waals surface area contributed by atoms with Gasteiger partial charge in [-0.2, -0.15) is 22.4 Å². The number of nitrogens with one attached hydrogen (secondary N) is 2. The molecule has 0 aliphatic heterocycles. The third kappa shape index (κ3) is 6.79. The van der Waals surface area contributed by atoms with E-state index in [0.29, 0.717) is 21.3 Å². The maximum Gasteiger partial charge on any atom is 0.416 e. The van der Waals surface area contributed by atoms with Crippen molar-refractivity contribution in [3.05, 3.63) is 94.7 Å². The molecule has 0 aliphatic rings. The highest BCUT2D eigenvalue weighted by atomic mass is 32.2. The molecule has 0 saturated carbocycles. The zero-order valence-corrected chi connectivity index (χ0v) is 23.4. The van der Waals surface area contributed by atoms with E-state index >= 15 is 0 Å². The molecule has 0 aliphatic carbocycles. The molecule has 1 unspecified atom stereocenters. The molecule has 5 rings (SSSR count). The largest absolute Gasteiger partial charge is 0.422 e. The van der Waals surface area contributed by atoms with E-state index in [-0.39, 0.29) is 28.9 Å². The number of thiol groups is 1. The minimum atomic E-state index is -4.59. The van der Waals surface area contributed by atoms with E-state index in [1.165, 1.54) is 18.3 Å². The van der Waals surface area contributed by atoms with Crippen LogP contribution in [-0.4, -0.2) is 37.0 Å². The number of alkyl halides is 3. The van der Waals surface area contributed by atoms with Gasteiger partial charge in [0.1, 0.15) is 5.01 Å². The van der Waals surface area contributed by atoms with E-state index in [1.54, 1.807) is 18.2 Å². The van der Waals surface area contributed by atoms with Crippen molar-refractivity contribution >= 4 is 42.3 Å². The smallest absolute Gasteiger partial charge is 0.416 e. The molecule has 0 amide bonds. The zero-order chi connectivity index (χ0) is 30.1. The second kappa shape index (κ2) is 11.8. The van der Waals surface area contributed by atoms with E-state index in [9.17, 15) is 34.4 Å². The summed E-state index contributed by atoms with van der Waals surface area (Å²) >= 11 is 1.02. The van der Waals surface area contributed by atoms with Gasteiger partial charge in [0.15, 0.2) is 15.1 Å². The highest BCUT2D eigenvalue weighted by Crippen LogP contribution is 2.38. The highest BCUT2D eigenvalue weighted by molar-refractivity contribution is 7.91. The topological polar surface area (TPSA) is 157 Å². The van der Waals surface area contributed by atoms with Crippen LogP contribution in [-0.2, 0) is 39.2 Å². The van der Waals surface area contributed by atoms with E-state index in [0.717, 1.165) is 35.6 Å². The molecule has 3 heterocycles. The van der Waals surface area contributed by atoms with Crippen LogP contribution >= 0.6 is 11.3 Å². The summed E-state index contributed by atoms with van der Waals surface area (Å²) in [5.74, 6) is -1.83. The summed E-state index contributed by atoms with van der Waals surface area (Å²) in [4.78, 5) is 10.0. The molecular formula is C24H18F4N6O5S3. The summed E-state index contributed by atoms with van der Waals surface area (Å²) < 4.78 is 107. The fraction of sp³-hybridized carbons (Fsp3) is 0.167. The standard InChI is InChI=1S/C24H18F4N6O5S3/c25-19-8-4-15(10-29-19)14-3-7-17-18(9-14)40-23(31-17)21(22-33-32-20(39-22)11-30-34-41(35)36)42(37,38)12-13-1-5-16(6-2-13)24(26,27)28/h1-10,21,30,41H,11-12H2,(H,34,35,36). The number of nitrogens with zero attached hydrogens (tertiary/aromatic N) is 4. The fourth-order valence-electron chi connectivity index (χ4n) is 3.92. The van der Waals surface area contributed by atoms with Crippen molar-refractivity contribution in [2.45, 2.75) is 23.7 Å². The number of rotatable bonds is 10. The molecule has 0 fully saturated rings. The van der Waals surface area contributed by atoms with Gasteiger partial charge >= 0.3 is 6.18 Å². The van der Waals surface area contributed by atoms with Gasteiger partial charge in [-0.25, -0.2) is 32.2 Å². The second-order valence-corrected chi connectivity index (χ2v) is 12.6. The van der Waals surface area contributed by atoms with Crippen LogP contribution in [0.3, 0.4) is 0 Å². The molecule has 0 bridgehead atoms. The fourth-order valence-corrected chi connectivity index (χ4v) is 7.28. The van der Waals surface area contributed by atoms with Crippen LogP contribution in [0.5, 0.6) is 0 Å². The second-order valence-electron chi connectivity index (χ2n) is 8.74. The van der Waals surface area contributed by atoms with Gasteiger partial charge in [0, 0.05) is 11.8 Å². The SMILES string of the molecule is O=[SH](=O)NNCc1nnc(C(c2nc3ccc(-c4ccc(F)nc4)cc3s2)S(=O)(=O)Cc2ccc(C(F)(F)F)cc2)o1. The first-order valence-electron chi connectivity index (χ1n) is 11.7. The van der Waals surface area contributed by atoms with Gasteiger partial charge in [-0.15, -0.1) is 21.5 Å². The lowest BCUT2D eigenvalue weighted by molar-refractivity contribution is -0.137. The predicted molar refractivity (Wildman–Crippen MR) is 143 cm³/mol. The molecule has 18 heteroatoms. The Morgan fingerprint density at radius 1 is 1.00 bits per heavy atom. The van der Waals surface area contributed by atoms with Crippen molar-refractivity contribution in [3.63, 3.8) is 0 Å². The number of benzene rings is 2. The number of hydrogen-bond donors (Lipinski definition) is 3. The Hall–Kier alpha value is -3.84. The average Bonchev–Trinajstić information content (AvgIpc) is 3.55. The lowest BCUT2D eigenvalue weighted by Gasteiger charge is -2.13. The molecule has 0 radical (unpaired) electrons. The van der Waals surface area contributed by atoms with Gasteiger partial charge in [-0.05, 0) is 47.5 Å². The van der Waals surface area contributed by atoms with Crippen LogP contribution in [0.25, 0.3) is 21.3 Å². The number of hydrazine groups is 1. The third-order valence-corrected chi connectivity index (χ3v) is 9.27. The van der Waals surface area contributed by atoms with Crippen LogP contribution in [0.2, 0.25) is 0 Å². The Labute approximate surface area is 240 Å². The Morgan fingerprint density at radius 2 is 1.74 bits per heavy atom. The number of hydrogen-bond acceptors (Lipinski definition) is 11. The van der Waals surface area contributed by atoms with Crippen LogP contribution in [0, 0.1) is 5.95 Å². The summed E-state index contributed by atoms with van der Waals surface area (Å²) in [6.07, 6.45) is -3.24. The van der Waals surface area contributed by atoms with Gasteiger partial charge < -0.3 is 4.42 Å². The van der Waals surface area contributed by atoms with Crippen molar-refractivity contribution in [1.82, 2.24) is 30.4 Å². The van der Waals surface area contributed by atoms with Crippen LogP contribution in [0.1, 0.15) is 33.2 Å². The zero-order valence-electron chi connectivity index (χ0n) is 20.9. The first-order chi connectivity index (χ1) is 19.9. The van der Waals surface area contributed by atoms with Crippen molar-refractivity contribution in [2.24, 2.45) is 0 Å². The van der Waals surface area contributed by atoms with Gasteiger partial charge in [0.05, 0.1) is 28.1 Å². The number of pyridine rings is 1. The third-order valence-electron chi connectivity index (χ3n) is 5.81. The average molecular weight is 643 g/mol. The summed E-state index contributed by atoms with van der Waals surface area (Å²) in [6, 6.07) is 11.5. The number of aromatic nitrogens is 4.